The Kier molecular flexibility index (Phi) is 22.2. The quantitative estimate of drug-likeness (QED) is 0.0179. The number of nitrogens with zero attached hydrogens (tertiary/aromatic N) is 2. The number of hydrazone groups is 1. The number of allylic oxidation sites excluding steroid dienone is 4. The summed E-state index contributed by atoms with van der Waals surface area (Å²) < 4.78 is 0. The molecule has 2 aromatic rings. The van der Waals surface area contributed by atoms with Crippen LogP contribution in [-0.4, -0.2) is 50.3 Å². The zero-order valence-electron chi connectivity index (χ0n) is 35.3. The van der Waals surface area contributed by atoms with Crippen LogP contribution in [0.1, 0.15) is 121 Å². The molecule has 3 rings (SSSR count). The molecule has 0 radical (unpaired) electrons. The molecule has 0 fully saturated rings. The van der Waals surface area contributed by atoms with Crippen molar-refractivity contribution >= 4 is 55.0 Å². The van der Waals surface area contributed by atoms with E-state index >= 15 is 0 Å². The Labute approximate surface area is 343 Å². The fourth-order valence-electron chi connectivity index (χ4n) is 7.51. The van der Waals surface area contributed by atoms with Gasteiger partial charge in [0.05, 0.1) is 6.21 Å². The lowest BCUT2D eigenvalue weighted by Gasteiger charge is -2.20. The Hall–Kier alpha value is -3.37. The van der Waals surface area contributed by atoms with Gasteiger partial charge in [0.15, 0.2) is 14.6 Å². The molecule has 0 spiro atoms. The van der Waals surface area contributed by atoms with Crippen molar-refractivity contribution in [2.45, 2.75) is 122 Å². The SMILES string of the molecule is C=CC(=C)N(C)CCCCCCBc1ccc(C(=C)Bc2ccc3c(c2)C=C(/C=N/N)C(CC(=C)C(C)/C=C\C(CCC)SCCCCCCC)CC3)cc1. The van der Waals surface area contributed by atoms with E-state index in [9.17, 15) is 0 Å². The molecule has 3 atom stereocenters. The lowest BCUT2D eigenvalue weighted by Crippen LogP contribution is -2.17. The third-order valence-electron chi connectivity index (χ3n) is 11.4. The Morgan fingerprint density at radius 1 is 0.945 bits per heavy atom. The molecule has 6 heteroatoms. The van der Waals surface area contributed by atoms with Gasteiger partial charge in [-0.1, -0.05) is 175 Å². The van der Waals surface area contributed by atoms with Crippen LogP contribution in [0.2, 0.25) is 6.32 Å². The summed E-state index contributed by atoms with van der Waals surface area (Å²) in [6.07, 6.45) is 29.4. The highest BCUT2D eigenvalue weighted by atomic mass is 32.2. The molecular formula is C49H73B2N3S. The number of likely N-dealkylation sites (N-methyl/N-ethyl adjacent to an activating group) is 1. The largest absolute Gasteiger partial charge is 0.375 e. The molecule has 2 N–H and O–H groups in total. The van der Waals surface area contributed by atoms with Crippen molar-refractivity contribution in [3.05, 3.63) is 121 Å². The van der Waals surface area contributed by atoms with Gasteiger partial charge in [0.1, 0.15) is 0 Å². The van der Waals surface area contributed by atoms with Crippen molar-refractivity contribution < 1.29 is 0 Å². The van der Waals surface area contributed by atoms with Crippen molar-refractivity contribution in [3.63, 3.8) is 0 Å². The van der Waals surface area contributed by atoms with E-state index in [1.807, 2.05) is 12.3 Å². The molecular weight excluding hydrogens is 684 g/mol. The molecule has 0 amide bonds. The molecule has 55 heavy (non-hydrogen) atoms. The maximum atomic E-state index is 5.78. The minimum absolute atomic E-state index is 0.342. The number of fused-ring (bicyclic) bond motifs is 1. The molecule has 296 valence electrons. The fourth-order valence-corrected chi connectivity index (χ4v) is 8.79. The summed E-state index contributed by atoms with van der Waals surface area (Å²) in [6, 6.07) is 16.1. The van der Waals surface area contributed by atoms with Crippen LogP contribution in [0.4, 0.5) is 0 Å². The molecule has 3 unspecified atom stereocenters. The zero-order valence-corrected chi connectivity index (χ0v) is 36.1. The molecule has 3 nitrogen and oxygen atoms in total. The normalized spacial score (nSPS) is 15.2. The van der Waals surface area contributed by atoms with Crippen LogP contribution in [0.5, 0.6) is 0 Å². The smallest absolute Gasteiger partial charge is 0.192 e. The van der Waals surface area contributed by atoms with Gasteiger partial charge in [-0.2, -0.15) is 16.9 Å². The van der Waals surface area contributed by atoms with Gasteiger partial charge in [-0.15, -0.1) is 6.58 Å². The third-order valence-corrected chi connectivity index (χ3v) is 12.7. The maximum absolute atomic E-state index is 5.78. The summed E-state index contributed by atoms with van der Waals surface area (Å²) in [7, 11) is 4.05. The van der Waals surface area contributed by atoms with E-state index in [0.717, 1.165) is 51.5 Å². The van der Waals surface area contributed by atoms with Crippen molar-refractivity contribution in [1.29, 1.82) is 0 Å². The summed E-state index contributed by atoms with van der Waals surface area (Å²) in [5.74, 6) is 7.74. The lowest BCUT2D eigenvalue weighted by atomic mass is 9.60. The predicted molar refractivity (Wildman–Crippen MR) is 255 cm³/mol. The van der Waals surface area contributed by atoms with Crippen LogP contribution in [-0.2, 0) is 6.42 Å². The second-order valence-electron chi connectivity index (χ2n) is 16.0. The second kappa shape index (κ2) is 26.5. The molecule has 1 aliphatic carbocycles. The standard InChI is InChI=1S/C49H73B2N3S/c1-9-12-13-16-19-33-55-49(20-10-2)30-21-38(4)39(5)34-44-23-22-43-26-29-48(36-45(43)35-46(44)37-53-52)51-41(7)42-24-27-47(28-25-42)50-31-17-14-15-18-32-54(8)40(6)11-3/h11,21,24-30,35-38,44,49-51H,3,5-7,9-10,12-20,22-23,31-34,52H2,1-2,4,8H3/b30-21-,53-37+. The molecule has 0 saturated heterocycles. The molecule has 0 saturated carbocycles. The van der Waals surface area contributed by atoms with Crippen LogP contribution in [0, 0.1) is 11.8 Å². The van der Waals surface area contributed by atoms with Gasteiger partial charge in [0.25, 0.3) is 0 Å². The highest BCUT2D eigenvalue weighted by Gasteiger charge is 2.21. The molecule has 0 bridgehead atoms. The lowest BCUT2D eigenvalue weighted by molar-refractivity contribution is 0.411. The highest BCUT2D eigenvalue weighted by molar-refractivity contribution is 8.00. The van der Waals surface area contributed by atoms with Gasteiger partial charge in [-0.25, -0.2) is 0 Å². The Bertz CT molecular complexity index is 1570. The fraction of sp³-hybridized carbons (Fsp3) is 0.490. The zero-order chi connectivity index (χ0) is 39.8. The van der Waals surface area contributed by atoms with Crippen LogP contribution in [0.3, 0.4) is 0 Å². The third kappa shape index (κ3) is 17.1. The first-order valence-electron chi connectivity index (χ1n) is 21.5. The first-order chi connectivity index (χ1) is 26.7. The van der Waals surface area contributed by atoms with E-state index in [2.05, 4.69) is 137 Å². The van der Waals surface area contributed by atoms with Crippen molar-refractivity contribution in [1.82, 2.24) is 4.90 Å². The van der Waals surface area contributed by atoms with Crippen molar-refractivity contribution in [3.8, 4) is 0 Å². The highest BCUT2D eigenvalue weighted by Crippen LogP contribution is 2.33. The van der Waals surface area contributed by atoms with E-state index in [4.69, 9.17) is 5.84 Å². The number of benzene rings is 2. The van der Waals surface area contributed by atoms with E-state index in [-0.39, 0.29) is 0 Å². The monoisotopic (exact) mass is 758 g/mol. The topological polar surface area (TPSA) is 41.6 Å². The summed E-state index contributed by atoms with van der Waals surface area (Å²) in [5.41, 5.74) is 11.2. The number of hydrogen-bond acceptors (Lipinski definition) is 4. The predicted octanol–water partition coefficient (Wildman–Crippen LogP) is 11.0. The summed E-state index contributed by atoms with van der Waals surface area (Å²) in [6.45, 7) is 24.9. The number of aryl methyl sites for hydroxylation is 1. The first kappa shape index (κ1) is 46.0. The average molecular weight is 758 g/mol. The van der Waals surface area contributed by atoms with Gasteiger partial charge in [-0.3, -0.25) is 0 Å². The maximum Gasteiger partial charge on any atom is 0.192 e. The van der Waals surface area contributed by atoms with Gasteiger partial charge in [0.2, 0.25) is 0 Å². The Balaban J connectivity index is 1.53. The number of hydrogen-bond donors (Lipinski definition) is 1. The van der Waals surface area contributed by atoms with Gasteiger partial charge in [-0.05, 0) is 90.5 Å². The van der Waals surface area contributed by atoms with Gasteiger partial charge >= 0.3 is 0 Å². The van der Waals surface area contributed by atoms with Crippen molar-refractivity contribution in [2.75, 3.05) is 19.3 Å². The molecule has 0 aromatic heterocycles. The molecule has 0 aliphatic heterocycles. The summed E-state index contributed by atoms with van der Waals surface area (Å²) in [4.78, 5) is 2.19. The minimum Gasteiger partial charge on any atom is -0.375 e. The van der Waals surface area contributed by atoms with Crippen molar-refractivity contribution in [2.24, 2.45) is 22.8 Å². The number of rotatable bonds is 28. The molecule has 0 heterocycles. The van der Waals surface area contributed by atoms with Gasteiger partial charge in [0, 0.05) is 24.5 Å². The molecule has 2 aromatic carbocycles. The van der Waals surface area contributed by atoms with E-state index in [1.165, 1.54) is 121 Å². The number of nitrogens with two attached hydrogens (primary N) is 1. The minimum atomic E-state index is 0.342. The Morgan fingerprint density at radius 3 is 2.40 bits per heavy atom. The average Bonchev–Trinajstić information content (AvgIpc) is 3.35. The van der Waals surface area contributed by atoms with Crippen LogP contribution in [0.15, 0.2) is 109 Å². The number of unbranched alkanes of at least 4 members (excludes halogenated alkanes) is 7. The van der Waals surface area contributed by atoms with Crippen LogP contribution in [0.25, 0.3) is 11.5 Å². The molecule has 1 aliphatic rings. The second-order valence-corrected chi connectivity index (χ2v) is 17.3. The Morgan fingerprint density at radius 2 is 1.67 bits per heavy atom. The van der Waals surface area contributed by atoms with E-state index < -0.39 is 0 Å². The number of thioether (sulfide) groups is 1. The van der Waals surface area contributed by atoms with Gasteiger partial charge < -0.3 is 10.7 Å². The first-order valence-corrected chi connectivity index (χ1v) is 22.6. The summed E-state index contributed by atoms with van der Waals surface area (Å²) >= 11 is 2.14. The van der Waals surface area contributed by atoms with Crippen LogP contribution < -0.4 is 16.8 Å². The van der Waals surface area contributed by atoms with Crippen LogP contribution >= 0.6 is 11.8 Å². The summed E-state index contributed by atoms with van der Waals surface area (Å²) in [5, 5.41) is 4.61. The van der Waals surface area contributed by atoms with E-state index in [0.29, 0.717) is 17.1 Å². The van der Waals surface area contributed by atoms with E-state index in [1.54, 1.807) is 0 Å².